The highest BCUT2D eigenvalue weighted by molar-refractivity contribution is 5.94. The van der Waals surface area contributed by atoms with Gasteiger partial charge in [-0.3, -0.25) is 4.79 Å². The summed E-state index contributed by atoms with van der Waals surface area (Å²) in [6.07, 6.45) is 4.04. The molecule has 5 nitrogen and oxygen atoms in total. The molecule has 2 atom stereocenters. The summed E-state index contributed by atoms with van der Waals surface area (Å²) in [5, 5.41) is 0. The third kappa shape index (κ3) is 3.51. The van der Waals surface area contributed by atoms with Gasteiger partial charge in [-0.25, -0.2) is 4.98 Å². The van der Waals surface area contributed by atoms with Gasteiger partial charge in [0.05, 0.1) is 19.8 Å². The van der Waals surface area contributed by atoms with Crippen LogP contribution in [0.4, 0.5) is 0 Å². The molecule has 0 radical (unpaired) electrons. The zero-order valence-electron chi connectivity index (χ0n) is 14.3. The quantitative estimate of drug-likeness (QED) is 0.860. The largest absolute Gasteiger partial charge is 0.481 e. The minimum Gasteiger partial charge on any atom is -0.481 e. The van der Waals surface area contributed by atoms with Crippen LogP contribution in [0, 0.1) is 5.92 Å². The Bertz CT molecular complexity index is 746. The minimum atomic E-state index is -0.0757. The van der Waals surface area contributed by atoms with Crippen molar-refractivity contribution in [1.82, 2.24) is 9.88 Å². The molecule has 2 aromatic rings. The molecule has 1 aromatic carbocycles. The molecule has 1 saturated carbocycles. The molecule has 5 heteroatoms. The monoisotopic (exact) mass is 338 g/mol. The van der Waals surface area contributed by atoms with Crippen LogP contribution < -0.4 is 4.74 Å². The maximum absolute atomic E-state index is 13.0. The Balaban J connectivity index is 1.57. The summed E-state index contributed by atoms with van der Waals surface area (Å²) >= 11 is 0. The highest BCUT2D eigenvalue weighted by Crippen LogP contribution is 2.39. The van der Waals surface area contributed by atoms with Crippen molar-refractivity contribution in [1.29, 1.82) is 0 Å². The topological polar surface area (TPSA) is 51.7 Å². The molecule has 2 heterocycles. The number of carbonyl (C=O) groups is 1. The van der Waals surface area contributed by atoms with Crippen LogP contribution in [0.1, 0.15) is 34.9 Å². The molecule has 0 unspecified atom stereocenters. The molecule has 130 valence electrons. The van der Waals surface area contributed by atoms with Crippen molar-refractivity contribution in [2.24, 2.45) is 5.92 Å². The minimum absolute atomic E-state index is 0.00980. The molecule has 1 aliphatic heterocycles. The number of hydrogen-bond donors (Lipinski definition) is 0. The number of aromatic nitrogens is 1. The van der Waals surface area contributed by atoms with E-state index in [4.69, 9.17) is 9.47 Å². The molecule has 1 aromatic heterocycles. The lowest BCUT2D eigenvalue weighted by Gasteiger charge is -2.38. The number of hydrogen-bond acceptors (Lipinski definition) is 4. The maximum atomic E-state index is 13.0. The third-order valence-corrected chi connectivity index (χ3v) is 4.92. The lowest BCUT2D eigenvalue weighted by atomic mass is 10.0. The van der Waals surface area contributed by atoms with Crippen molar-refractivity contribution in [3.05, 3.63) is 59.8 Å². The third-order valence-electron chi connectivity index (χ3n) is 4.92. The van der Waals surface area contributed by atoms with E-state index in [1.165, 1.54) is 12.8 Å². The highest BCUT2D eigenvalue weighted by atomic mass is 16.5. The van der Waals surface area contributed by atoms with E-state index in [0.29, 0.717) is 30.5 Å². The number of pyridine rings is 1. The predicted octanol–water partition coefficient (Wildman–Crippen LogP) is 3.08. The lowest BCUT2D eigenvalue weighted by Crippen LogP contribution is -2.47. The first-order valence-corrected chi connectivity index (χ1v) is 8.74. The lowest BCUT2D eigenvalue weighted by molar-refractivity contribution is -0.0864. The second-order valence-electron chi connectivity index (χ2n) is 6.71. The van der Waals surface area contributed by atoms with Crippen molar-refractivity contribution in [3.63, 3.8) is 0 Å². The Morgan fingerprint density at radius 3 is 2.72 bits per heavy atom. The van der Waals surface area contributed by atoms with E-state index in [1.54, 1.807) is 25.4 Å². The predicted molar refractivity (Wildman–Crippen MR) is 93.5 cm³/mol. The van der Waals surface area contributed by atoms with Crippen LogP contribution in [-0.4, -0.2) is 42.1 Å². The molecule has 4 rings (SSSR count). The molecule has 1 amide bonds. The fourth-order valence-corrected chi connectivity index (χ4v) is 3.37. The van der Waals surface area contributed by atoms with Gasteiger partial charge in [-0.2, -0.15) is 0 Å². The molecule has 2 fully saturated rings. The van der Waals surface area contributed by atoms with E-state index < -0.39 is 0 Å². The van der Waals surface area contributed by atoms with Crippen molar-refractivity contribution >= 4 is 5.91 Å². The average molecular weight is 338 g/mol. The molecule has 0 bridgehead atoms. The maximum Gasteiger partial charge on any atom is 0.254 e. The van der Waals surface area contributed by atoms with Crippen LogP contribution in [0.15, 0.2) is 48.7 Å². The first-order valence-electron chi connectivity index (χ1n) is 8.74. The summed E-state index contributed by atoms with van der Waals surface area (Å²) in [7, 11) is 1.56. The standard InChI is InChI=1S/C20H22N2O3/c1-24-19-11-16(9-10-21-19)20(23)22-12-17(14-5-3-2-4-6-14)25-18(13-22)15-7-8-15/h2-6,9-11,15,17-18H,7-8,12-13H2,1H3/t17-,18+/m0/s1. The Hall–Kier alpha value is -2.40. The van der Waals surface area contributed by atoms with E-state index in [0.717, 1.165) is 5.56 Å². The number of methoxy groups -OCH3 is 1. The number of benzene rings is 1. The molecule has 1 saturated heterocycles. The van der Waals surface area contributed by atoms with Gasteiger partial charge in [0.15, 0.2) is 0 Å². The van der Waals surface area contributed by atoms with E-state index in [1.807, 2.05) is 23.1 Å². The van der Waals surface area contributed by atoms with Crippen LogP contribution in [0.2, 0.25) is 0 Å². The number of carbonyl (C=O) groups excluding carboxylic acids is 1. The van der Waals surface area contributed by atoms with Gasteiger partial charge in [-0.05, 0) is 30.4 Å². The van der Waals surface area contributed by atoms with Gasteiger partial charge < -0.3 is 14.4 Å². The summed E-state index contributed by atoms with van der Waals surface area (Å²) in [5.41, 5.74) is 1.73. The Kier molecular flexibility index (Phi) is 4.40. The van der Waals surface area contributed by atoms with Gasteiger partial charge >= 0.3 is 0 Å². The Morgan fingerprint density at radius 1 is 1.20 bits per heavy atom. The van der Waals surface area contributed by atoms with Crippen LogP contribution >= 0.6 is 0 Å². The van der Waals surface area contributed by atoms with Crippen molar-refractivity contribution in [2.75, 3.05) is 20.2 Å². The zero-order valence-corrected chi connectivity index (χ0v) is 14.3. The van der Waals surface area contributed by atoms with E-state index in [9.17, 15) is 4.79 Å². The fraction of sp³-hybridized carbons (Fsp3) is 0.400. The Labute approximate surface area is 147 Å². The molecule has 2 aliphatic rings. The normalized spacial score (nSPS) is 23.3. The van der Waals surface area contributed by atoms with Crippen molar-refractivity contribution < 1.29 is 14.3 Å². The number of rotatable bonds is 4. The van der Waals surface area contributed by atoms with Crippen molar-refractivity contribution in [2.45, 2.75) is 25.0 Å². The van der Waals surface area contributed by atoms with Crippen LogP contribution in [0.25, 0.3) is 0 Å². The first-order chi connectivity index (χ1) is 12.2. The van der Waals surface area contributed by atoms with E-state index >= 15 is 0 Å². The SMILES string of the molecule is COc1cc(C(=O)N2C[C@@H](c3ccccc3)O[C@@H](C3CC3)C2)ccn1. The van der Waals surface area contributed by atoms with E-state index in [2.05, 4.69) is 17.1 Å². The van der Waals surface area contributed by atoms with Gasteiger partial charge in [-0.1, -0.05) is 30.3 Å². The summed E-state index contributed by atoms with van der Waals surface area (Å²) < 4.78 is 11.5. The van der Waals surface area contributed by atoms with Gasteiger partial charge in [-0.15, -0.1) is 0 Å². The fourth-order valence-electron chi connectivity index (χ4n) is 3.37. The smallest absolute Gasteiger partial charge is 0.254 e. The molecule has 1 aliphatic carbocycles. The van der Waals surface area contributed by atoms with Crippen LogP contribution in [0.5, 0.6) is 5.88 Å². The molecular weight excluding hydrogens is 316 g/mol. The van der Waals surface area contributed by atoms with Gasteiger partial charge in [0.25, 0.3) is 5.91 Å². The van der Waals surface area contributed by atoms with Gasteiger partial charge in [0.2, 0.25) is 5.88 Å². The zero-order chi connectivity index (χ0) is 17.2. The second-order valence-corrected chi connectivity index (χ2v) is 6.71. The number of amides is 1. The highest BCUT2D eigenvalue weighted by Gasteiger charge is 2.40. The molecular formula is C20H22N2O3. The van der Waals surface area contributed by atoms with Crippen molar-refractivity contribution in [3.8, 4) is 5.88 Å². The summed E-state index contributed by atoms with van der Waals surface area (Å²) in [4.78, 5) is 19.0. The number of ether oxygens (including phenoxy) is 2. The second kappa shape index (κ2) is 6.84. The van der Waals surface area contributed by atoms with Crippen LogP contribution in [-0.2, 0) is 4.74 Å². The number of morpholine rings is 1. The molecule has 0 spiro atoms. The molecule has 25 heavy (non-hydrogen) atoms. The number of nitrogens with zero attached hydrogens (tertiary/aromatic N) is 2. The van der Waals surface area contributed by atoms with E-state index in [-0.39, 0.29) is 18.1 Å². The molecule has 0 N–H and O–H groups in total. The van der Waals surface area contributed by atoms with Gasteiger partial charge in [0, 0.05) is 24.4 Å². The van der Waals surface area contributed by atoms with Crippen LogP contribution in [0.3, 0.4) is 0 Å². The summed E-state index contributed by atoms with van der Waals surface area (Å²) in [6, 6.07) is 13.6. The summed E-state index contributed by atoms with van der Waals surface area (Å²) in [5.74, 6) is 1.04. The summed E-state index contributed by atoms with van der Waals surface area (Å²) in [6.45, 7) is 1.22. The van der Waals surface area contributed by atoms with Gasteiger partial charge in [0.1, 0.15) is 6.10 Å². The first kappa shape index (κ1) is 16.1. The average Bonchev–Trinajstić information content (AvgIpc) is 3.53. The Morgan fingerprint density at radius 2 is 2.00 bits per heavy atom.